The lowest BCUT2D eigenvalue weighted by Gasteiger charge is -2.37. The summed E-state index contributed by atoms with van der Waals surface area (Å²) in [5.41, 5.74) is -0.0779. The molecule has 0 aromatic rings. The van der Waals surface area contributed by atoms with Crippen molar-refractivity contribution in [1.82, 2.24) is 5.32 Å². The van der Waals surface area contributed by atoms with Crippen LogP contribution in [0.25, 0.3) is 0 Å². The van der Waals surface area contributed by atoms with Gasteiger partial charge in [0.25, 0.3) is 0 Å². The topological polar surface area (TPSA) is 21.3 Å². The van der Waals surface area contributed by atoms with Gasteiger partial charge < -0.3 is 10.1 Å². The Morgan fingerprint density at radius 3 is 1.92 bits per heavy atom. The van der Waals surface area contributed by atoms with E-state index in [1.165, 1.54) is 12.8 Å². The molecule has 2 heteroatoms. The molecule has 0 saturated carbocycles. The molecule has 0 heterocycles. The van der Waals surface area contributed by atoms with Crippen molar-refractivity contribution in [1.29, 1.82) is 0 Å². The monoisotopic (exact) mass is 187 g/mol. The summed E-state index contributed by atoms with van der Waals surface area (Å²) in [6.07, 6.45) is 2.41. The van der Waals surface area contributed by atoms with E-state index in [9.17, 15) is 0 Å². The number of nitrogens with one attached hydrogen (secondary N) is 1. The summed E-state index contributed by atoms with van der Waals surface area (Å²) in [7, 11) is 3.80. The Morgan fingerprint density at radius 1 is 1.23 bits per heavy atom. The van der Waals surface area contributed by atoms with Gasteiger partial charge in [-0.15, -0.1) is 0 Å². The van der Waals surface area contributed by atoms with E-state index in [1.54, 1.807) is 7.11 Å². The van der Waals surface area contributed by atoms with E-state index >= 15 is 0 Å². The third-order valence-electron chi connectivity index (χ3n) is 3.11. The minimum Gasteiger partial charge on any atom is -0.377 e. The van der Waals surface area contributed by atoms with Crippen LogP contribution in [0.4, 0.5) is 0 Å². The number of likely N-dealkylation sites (N-methyl/N-ethyl adjacent to an activating group) is 1. The van der Waals surface area contributed by atoms with Crippen molar-refractivity contribution in [3.05, 3.63) is 0 Å². The van der Waals surface area contributed by atoms with Crippen LogP contribution >= 0.6 is 0 Å². The van der Waals surface area contributed by atoms with Gasteiger partial charge in [0.2, 0.25) is 0 Å². The maximum Gasteiger partial charge on any atom is 0.0777 e. The van der Waals surface area contributed by atoms with Crippen LogP contribution in [0.3, 0.4) is 0 Å². The van der Waals surface area contributed by atoms with E-state index in [-0.39, 0.29) is 5.60 Å². The minimum absolute atomic E-state index is 0.0779. The molecule has 0 amide bonds. The molecule has 0 aromatic heterocycles. The summed E-state index contributed by atoms with van der Waals surface area (Å²) < 4.78 is 5.51. The van der Waals surface area contributed by atoms with Crippen LogP contribution in [0.2, 0.25) is 0 Å². The van der Waals surface area contributed by atoms with Crippen molar-refractivity contribution in [2.75, 3.05) is 14.2 Å². The van der Waals surface area contributed by atoms with E-state index in [0.717, 1.165) is 0 Å². The zero-order chi connectivity index (χ0) is 10.5. The maximum atomic E-state index is 5.51. The quantitative estimate of drug-likeness (QED) is 0.689. The SMILES string of the molecule is CCC(CC)C(NC)C(C)(C)OC. The first kappa shape index (κ1) is 12.9. The van der Waals surface area contributed by atoms with Gasteiger partial charge in [-0.3, -0.25) is 0 Å². The Hall–Kier alpha value is -0.0800. The lowest BCUT2D eigenvalue weighted by molar-refractivity contribution is -0.0267. The number of ether oxygens (including phenoxy) is 1. The summed E-state index contributed by atoms with van der Waals surface area (Å²) in [5.74, 6) is 0.694. The van der Waals surface area contributed by atoms with Crippen LogP contribution < -0.4 is 5.32 Å². The van der Waals surface area contributed by atoms with Crippen molar-refractivity contribution < 1.29 is 4.74 Å². The third kappa shape index (κ3) is 3.28. The molecular weight excluding hydrogens is 162 g/mol. The summed E-state index contributed by atoms with van der Waals surface area (Å²) >= 11 is 0. The van der Waals surface area contributed by atoms with Gasteiger partial charge in [-0.1, -0.05) is 26.7 Å². The molecule has 0 aliphatic carbocycles. The molecule has 80 valence electrons. The number of hydrogen-bond donors (Lipinski definition) is 1. The second kappa shape index (κ2) is 5.61. The third-order valence-corrected chi connectivity index (χ3v) is 3.11. The highest BCUT2D eigenvalue weighted by atomic mass is 16.5. The van der Waals surface area contributed by atoms with Crippen LogP contribution in [0.1, 0.15) is 40.5 Å². The van der Waals surface area contributed by atoms with Crippen molar-refractivity contribution in [2.45, 2.75) is 52.2 Å². The normalized spacial score (nSPS) is 15.0. The molecule has 13 heavy (non-hydrogen) atoms. The number of methoxy groups -OCH3 is 1. The van der Waals surface area contributed by atoms with Gasteiger partial charge in [-0.25, -0.2) is 0 Å². The second-order valence-electron chi connectivity index (χ2n) is 4.15. The molecule has 2 nitrogen and oxygen atoms in total. The van der Waals surface area contributed by atoms with Crippen molar-refractivity contribution in [2.24, 2.45) is 5.92 Å². The molecule has 1 N–H and O–H groups in total. The Balaban J connectivity index is 4.46. The Kier molecular flexibility index (Phi) is 5.57. The predicted molar refractivity (Wildman–Crippen MR) is 58.0 cm³/mol. The van der Waals surface area contributed by atoms with E-state index in [1.807, 2.05) is 7.05 Å². The number of rotatable bonds is 6. The fourth-order valence-corrected chi connectivity index (χ4v) is 2.04. The molecule has 0 bridgehead atoms. The standard InChI is InChI=1S/C11H25NO/c1-7-9(8-2)10(12-5)11(3,4)13-6/h9-10,12H,7-8H2,1-6H3. The molecule has 0 spiro atoms. The maximum absolute atomic E-state index is 5.51. The molecule has 1 atom stereocenters. The van der Waals surface area contributed by atoms with Crippen LogP contribution in [-0.4, -0.2) is 25.8 Å². The van der Waals surface area contributed by atoms with Crippen LogP contribution in [0.15, 0.2) is 0 Å². The van der Waals surface area contributed by atoms with Gasteiger partial charge in [0, 0.05) is 13.2 Å². The van der Waals surface area contributed by atoms with Gasteiger partial charge in [0.05, 0.1) is 5.60 Å². The molecule has 0 saturated heterocycles. The highest BCUT2D eigenvalue weighted by Gasteiger charge is 2.32. The molecule has 0 fully saturated rings. The summed E-state index contributed by atoms with van der Waals surface area (Å²) in [6, 6.07) is 0.437. The highest BCUT2D eigenvalue weighted by Crippen LogP contribution is 2.24. The molecular formula is C11H25NO. The average Bonchev–Trinajstić information content (AvgIpc) is 2.13. The van der Waals surface area contributed by atoms with Crippen molar-refractivity contribution in [3.63, 3.8) is 0 Å². The average molecular weight is 187 g/mol. The first-order chi connectivity index (χ1) is 6.03. The highest BCUT2D eigenvalue weighted by molar-refractivity contribution is 4.88. The van der Waals surface area contributed by atoms with Crippen molar-refractivity contribution >= 4 is 0 Å². The second-order valence-corrected chi connectivity index (χ2v) is 4.15. The molecule has 1 unspecified atom stereocenters. The first-order valence-electron chi connectivity index (χ1n) is 5.25. The Morgan fingerprint density at radius 2 is 1.69 bits per heavy atom. The molecule has 0 aromatic carbocycles. The molecule has 0 radical (unpaired) electrons. The van der Waals surface area contributed by atoms with E-state index in [0.29, 0.717) is 12.0 Å². The van der Waals surface area contributed by atoms with Crippen LogP contribution in [-0.2, 0) is 4.74 Å². The van der Waals surface area contributed by atoms with Crippen LogP contribution in [0, 0.1) is 5.92 Å². The van der Waals surface area contributed by atoms with Gasteiger partial charge in [-0.2, -0.15) is 0 Å². The predicted octanol–water partition coefficient (Wildman–Crippen LogP) is 2.44. The molecule has 0 rings (SSSR count). The largest absolute Gasteiger partial charge is 0.377 e. The van der Waals surface area contributed by atoms with E-state index in [4.69, 9.17) is 4.74 Å². The fourth-order valence-electron chi connectivity index (χ4n) is 2.04. The minimum atomic E-state index is -0.0779. The van der Waals surface area contributed by atoms with Gasteiger partial charge >= 0.3 is 0 Å². The molecule has 0 aliphatic heterocycles. The zero-order valence-corrected chi connectivity index (χ0v) is 9.98. The van der Waals surface area contributed by atoms with E-state index < -0.39 is 0 Å². The number of hydrogen-bond acceptors (Lipinski definition) is 2. The van der Waals surface area contributed by atoms with Crippen molar-refractivity contribution in [3.8, 4) is 0 Å². The van der Waals surface area contributed by atoms with Gasteiger partial charge in [-0.05, 0) is 26.8 Å². The summed E-state index contributed by atoms with van der Waals surface area (Å²) in [5, 5.41) is 3.37. The van der Waals surface area contributed by atoms with E-state index in [2.05, 4.69) is 33.0 Å². The zero-order valence-electron chi connectivity index (χ0n) is 9.98. The van der Waals surface area contributed by atoms with Gasteiger partial charge in [0.1, 0.15) is 0 Å². The molecule has 0 aliphatic rings. The lowest BCUT2D eigenvalue weighted by atomic mass is 9.83. The van der Waals surface area contributed by atoms with Gasteiger partial charge in [0.15, 0.2) is 0 Å². The Bertz CT molecular complexity index is 130. The van der Waals surface area contributed by atoms with Crippen LogP contribution in [0.5, 0.6) is 0 Å². The first-order valence-corrected chi connectivity index (χ1v) is 5.25. The summed E-state index contributed by atoms with van der Waals surface area (Å²) in [6.45, 7) is 8.77. The summed E-state index contributed by atoms with van der Waals surface area (Å²) in [4.78, 5) is 0. The smallest absolute Gasteiger partial charge is 0.0777 e. The lowest BCUT2D eigenvalue weighted by Crippen LogP contribution is -2.51. The Labute approximate surface area is 83.1 Å². The fraction of sp³-hybridized carbons (Fsp3) is 1.00.